The Labute approximate surface area is 119 Å². The Morgan fingerprint density at radius 1 is 1.50 bits per heavy atom. The van der Waals surface area contributed by atoms with E-state index in [1.54, 1.807) is 20.8 Å². The van der Waals surface area contributed by atoms with Crippen molar-refractivity contribution in [2.24, 2.45) is 0 Å². The third-order valence-corrected chi connectivity index (χ3v) is 2.80. The van der Waals surface area contributed by atoms with Gasteiger partial charge in [-0.25, -0.2) is 14.8 Å². The third kappa shape index (κ3) is 3.15. The Balaban J connectivity index is 2.28. The minimum atomic E-state index is -3.23. The fourth-order valence-corrected chi connectivity index (χ4v) is 1.99. The van der Waals surface area contributed by atoms with E-state index in [9.17, 15) is 13.6 Å². The van der Waals surface area contributed by atoms with E-state index in [-0.39, 0.29) is 23.1 Å². The molecule has 0 aromatic carbocycles. The molecule has 1 aliphatic rings. The zero-order valence-corrected chi connectivity index (χ0v) is 12.0. The highest BCUT2D eigenvalue weighted by atomic mass is 35.5. The first-order chi connectivity index (χ1) is 9.08. The van der Waals surface area contributed by atoms with Crippen molar-refractivity contribution in [2.45, 2.75) is 38.8 Å². The predicted molar refractivity (Wildman–Crippen MR) is 67.6 cm³/mol. The number of aromatic nitrogens is 2. The number of rotatable bonds is 0. The molecule has 5 nitrogen and oxygen atoms in total. The number of halogens is 3. The fraction of sp³-hybridized carbons (Fsp3) is 0.583. The molecule has 0 saturated carbocycles. The van der Waals surface area contributed by atoms with E-state index < -0.39 is 24.2 Å². The second-order valence-electron chi connectivity index (χ2n) is 5.54. The van der Waals surface area contributed by atoms with Gasteiger partial charge in [0.25, 0.3) is 5.92 Å². The molecule has 110 valence electrons. The number of amides is 1. The van der Waals surface area contributed by atoms with Gasteiger partial charge in [-0.1, -0.05) is 0 Å². The summed E-state index contributed by atoms with van der Waals surface area (Å²) in [7, 11) is 0. The largest absolute Gasteiger partial charge is 0.444 e. The SMILES string of the molecule is CC(C)(C)OC(=O)N1Cc2nc(Cl)ncc2C(F)(F)C1. The van der Waals surface area contributed by atoms with Gasteiger partial charge in [0.1, 0.15) is 5.60 Å². The number of hydrogen-bond donors (Lipinski definition) is 0. The van der Waals surface area contributed by atoms with Crippen molar-refractivity contribution in [2.75, 3.05) is 6.54 Å². The Bertz CT molecular complexity index is 546. The minimum Gasteiger partial charge on any atom is -0.444 e. The lowest BCUT2D eigenvalue weighted by Gasteiger charge is -2.34. The topological polar surface area (TPSA) is 55.3 Å². The second kappa shape index (κ2) is 4.80. The van der Waals surface area contributed by atoms with E-state index in [1.807, 2.05) is 0 Å². The summed E-state index contributed by atoms with van der Waals surface area (Å²) < 4.78 is 33.1. The monoisotopic (exact) mass is 305 g/mol. The number of nitrogens with zero attached hydrogens (tertiary/aromatic N) is 3. The van der Waals surface area contributed by atoms with Gasteiger partial charge >= 0.3 is 6.09 Å². The van der Waals surface area contributed by atoms with Crippen LogP contribution in [0.15, 0.2) is 6.20 Å². The van der Waals surface area contributed by atoms with Gasteiger partial charge in [-0.2, -0.15) is 8.78 Å². The van der Waals surface area contributed by atoms with E-state index in [1.165, 1.54) is 0 Å². The van der Waals surface area contributed by atoms with Gasteiger partial charge in [0.2, 0.25) is 5.28 Å². The van der Waals surface area contributed by atoms with Crippen LogP contribution in [0.25, 0.3) is 0 Å². The van der Waals surface area contributed by atoms with Crippen LogP contribution < -0.4 is 0 Å². The van der Waals surface area contributed by atoms with Gasteiger partial charge in [-0.15, -0.1) is 0 Å². The normalized spacial score (nSPS) is 17.6. The first kappa shape index (κ1) is 14.9. The smallest absolute Gasteiger partial charge is 0.410 e. The maximum atomic E-state index is 14.0. The number of ether oxygens (including phenoxy) is 1. The Kier molecular flexibility index (Phi) is 3.58. The van der Waals surface area contributed by atoms with Crippen LogP contribution in [0.3, 0.4) is 0 Å². The first-order valence-electron chi connectivity index (χ1n) is 5.96. The summed E-state index contributed by atoms with van der Waals surface area (Å²) in [5.41, 5.74) is -1.02. The van der Waals surface area contributed by atoms with Gasteiger partial charge in [0.15, 0.2) is 0 Å². The van der Waals surface area contributed by atoms with Crippen molar-refractivity contribution in [3.63, 3.8) is 0 Å². The molecule has 1 aliphatic heterocycles. The van der Waals surface area contributed by atoms with Crippen LogP contribution in [-0.2, 0) is 17.2 Å². The van der Waals surface area contributed by atoms with E-state index in [4.69, 9.17) is 16.3 Å². The molecule has 20 heavy (non-hydrogen) atoms. The standard InChI is InChI=1S/C12H14ClF2N3O2/c1-11(2,3)20-10(19)18-5-8-7(12(14,15)6-18)4-16-9(13)17-8/h4H,5-6H2,1-3H3. The molecule has 1 aromatic heterocycles. The van der Waals surface area contributed by atoms with Gasteiger partial charge in [-0.3, -0.25) is 4.90 Å². The molecule has 8 heteroatoms. The zero-order chi connectivity index (χ0) is 15.1. The molecule has 0 aliphatic carbocycles. The molecule has 2 rings (SSSR count). The molecule has 0 radical (unpaired) electrons. The molecular formula is C12H14ClF2N3O2. The van der Waals surface area contributed by atoms with Crippen molar-refractivity contribution in [3.05, 3.63) is 22.7 Å². The minimum absolute atomic E-state index is 0.0344. The summed E-state index contributed by atoms with van der Waals surface area (Å²) in [6.07, 6.45) is 0.189. The fourth-order valence-electron chi connectivity index (χ4n) is 1.84. The van der Waals surface area contributed by atoms with Crippen molar-refractivity contribution in [1.29, 1.82) is 0 Å². The Hall–Kier alpha value is -1.50. The lowest BCUT2D eigenvalue weighted by Crippen LogP contribution is -2.46. The van der Waals surface area contributed by atoms with E-state index in [2.05, 4.69) is 9.97 Å². The molecule has 1 amide bonds. The van der Waals surface area contributed by atoms with Crippen LogP contribution in [0.1, 0.15) is 32.0 Å². The molecule has 0 bridgehead atoms. The van der Waals surface area contributed by atoms with Crippen molar-refractivity contribution >= 4 is 17.7 Å². The quantitative estimate of drug-likeness (QED) is 0.692. The molecule has 0 N–H and O–H groups in total. The maximum absolute atomic E-state index is 14.0. The summed E-state index contributed by atoms with van der Waals surface area (Å²) in [4.78, 5) is 20.1. The first-order valence-corrected chi connectivity index (χ1v) is 6.34. The molecule has 0 saturated heterocycles. The van der Waals surface area contributed by atoms with Crippen molar-refractivity contribution < 1.29 is 18.3 Å². The molecule has 0 unspecified atom stereocenters. The van der Waals surface area contributed by atoms with E-state index in [0.29, 0.717) is 0 Å². The molecule has 0 atom stereocenters. The average Bonchev–Trinajstić information content (AvgIpc) is 2.24. The molecule has 1 aromatic rings. The predicted octanol–water partition coefficient (Wildman–Crippen LogP) is 2.97. The number of fused-ring (bicyclic) bond motifs is 1. The van der Waals surface area contributed by atoms with Crippen molar-refractivity contribution in [1.82, 2.24) is 14.9 Å². The highest BCUT2D eigenvalue weighted by Crippen LogP contribution is 2.36. The van der Waals surface area contributed by atoms with E-state index in [0.717, 1.165) is 11.1 Å². The molecule has 0 spiro atoms. The number of hydrogen-bond acceptors (Lipinski definition) is 4. The van der Waals surface area contributed by atoms with Gasteiger partial charge in [0, 0.05) is 6.20 Å². The van der Waals surface area contributed by atoms with Crippen LogP contribution in [0.5, 0.6) is 0 Å². The number of alkyl halides is 2. The average molecular weight is 306 g/mol. The maximum Gasteiger partial charge on any atom is 0.410 e. The lowest BCUT2D eigenvalue weighted by atomic mass is 10.0. The van der Waals surface area contributed by atoms with Crippen LogP contribution in [0.2, 0.25) is 5.28 Å². The number of carbonyl (C=O) groups excluding carboxylic acids is 1. The summed E-state index contributed by atoms with van der Waals surface area (Å²) in [6, 6.07) is 0. The lowest BCUT2D eigenvalue weighted by molar-refractivity contribution is -0.0603. The molecular weight excluding hydrogens is 292 g/mol. The summed E-state index contributed by atoms with van der Waals surface area (Å²) in [6.45, 7) is 4.15. The van der Waals surface area contributed by atoms with Gasteiger partial charge < -0.3 is 4.74 Å². The third-order valence-electron chi connectivity index (χ3n) is 2.61. The van der Waals surface area contributed by atoms with Crippen LogP contribution in [0.4, 0.5) is 13.6 Å². The highest BCUT2D eigenvalue weighted by Gasteiger charge is 2.44. The molecule has 2 heterocycles. The van der Waals surface area contributed by atoms with Crippen LogP contribution >= 0.6 is 11.6 Å². The molecule has 0 fully saturated rings. The van der Waals surface area contributed by atoms with Gasteiger partial charge in [0.05, 0.1) is 24.3 Å². The number of carbonyl (C=O) groups is 1. The van der Waals surface area contributed by atoms with Crippen LogP contribution in [0, 0.1) is 0 Å². The zero-order valence-electron chi connectivity index (χ0n) is 11.3. The summed E-state index contributed by atoms with van der Waals surface area (Å²) in [5.74, 6) is -3.23. The summed E-state index contributed by atoms with van der Waals surface area (Å²) in [5, 5.41) is -0.134. The Morgan fingerprint density at radius 3 is 2.75 bits per heavy atom. The van der Waals surface area contributed by atoms with Gasteiger partial charge in [-0.05, 0) is 32.4 Å². The van der Waals surface area contributed by atoms with Crippen molar-refractivity contribution in [3.8, 4) is 0 Å². The second-order valence-corrected chi connectivity index (χ2v) is 5.88. The Morgan fingerprint density at radius 2 is 2.15 bits per heavy atom. The highest BCUT2D eigenvalue weighted by molar-refractivity contribution is 6.28. The van der Waals surface area contributed by atoms with Crippen LogP contribution in [-0.4, -0.2) is 33.1 Å². The summed E-state index contributed by atoms with van der Waals surface area (Å²) >= 11 is 5.60. The van der Waals surface area contributed by atoms with E-state index >= 15 is 0 Å².